The molecule has 3 N–H and O–H groups in total. The van der Waals surface area contributed by atoms with E-state index in [2.05, 4.69) is 20.9 Å². The molecular weight excluding hydrogens is 360 g/mol. The SMILES string of the molecule is NC(=O)N(O)Cc1cc2cc(Br)ccc2n1Cc1cccnc1. The molecule has 2 heterocycles. The van der Waals surface area contributed by atoms with Gasteiger partial charge in [-0.3, -0.25) is 10.2 Å². The number of hydrogen-bond donors (Lipinski definition) is 2. The fourth-order valence-corrected chi connectivity index (χ4v) is 2.90. The van der Waals surface area contributed by atoms with Gasteiger partial charge in [-0.05, 0) is 35.9 Å². The van der Waals surface area contributed by atoms with Gasteiger partial charge in [-0.2, -0.15) is 0 Å². The number of aromatic nitrogens is 2. The van der Waals surface area contributed by atoms with Crippen molar-refractivity contribution in [1.29, 1.82) is 0 Å². The Bertz CT molecular complexity index is 848. The van der Waals surface area contributed by atoms with Crippen LogP contribution in [0.5, 0.6) is 0 Å². The van der Waals surface area contributed by atoms with Crippen molar-refractivity contribution in [3.8, 4) is 0 Å². The molecule has 1 aromatic carbocycles. The number of urea groups is 1. The molecule has 0 aliphatic heterocycles. The molecule has 2 amide bonds. The molecule has 0 saturated heterocycles. The molecule has 0 aliphatic carbocycles. The first-order valence-electron chi connectivity index (χ1n) is 6.97. The minimum absolute atomic E-state index is 0.0158. The number of halogens is 1. The molecule has 0 fully saturated rings. The minimum Gasteiger partial charge on any atom is -0.350 e. The summed E-state index contributed by atoms with van der Waals surface area (Å²) in [5, 5.41) is 11.2. The van der Waals surface area contributed by atoms with Gasteiger partial charge in [0.25, 0.3) is 0 Å². The maximum atomic E-state index is 11.1. The number of benzene rings is 1. The zero-order valence-corrected chi connectivity index (χ0v) is 13.8. The highest BCUT2D eigenvalue weighted by Gasteiger charge is 2.14. The Morgan fingerprint density at radius 2 is 2.17 bits per heavy atom. The van der Waals surface area contributed by atoms with E-state index in [1.54, 1.807) is 12.4 Å². The van der Waals surface area contributed by atoms with Crippen LogP contribution in [0.25, 0.3) is 10.9 Å². The Balaban J connectivity index is 2.06. The second-order valence-corrected chi connectivity index (χ2v) is 6.10. The maximum Gasteiger partial charge on any atom is 0.338 e. The van der Waals surface area contributed by atoms with Crippen LogP contribution >= 0.6 is 15.9 Å². The van der Waals surface area contributed by atoms with Crippen molar-refractivity contribution in [3.05, 3.63) is 64.5 Å². The number of carbonyl (C=O) groups excluding carboxylic acids is 1. The monoisotopic (exact) mass is 374 g/mol. The lowest BCUT2D eigenvalue weighted by Crippen LogP contribution is -2.32. The quantitative estimate of drug-likeness (QED) is 0.543. The molecule has 118 valence electrons. The van der Waals surface area contributed by atoms with E-state index < -0.39 is 6.03 Å². The summed E-state index contributed by atoms with van der Waals surface area (Å²) >= 11 is 3.45. The number of hydroxylamine groups is 2. The Morgan fingerprint density at radius 3 is 2.87 bits per heavy atom. The lowest BCUT2D eigenvalue weighted by Gasteiger charge is -2.15. The van der Waals surface area contributed by atoms with Gasteiger partial charge in [0.15, 0.2) is 0 Å². The predicted molar refractivity (Wildman–Crippen MR) is 89.9 cm³/mol. The van der Waals surface area contributed by atoms with Gasteiger partial charge >= 0.3 is 6.03 Å². The predicted octanol–water partition coefficient (Wildman–Crippen LogP) is 3.12. The van der Waals surface area contributed by atoms with Gasteiger partial charge in [0.1, 0.15) is 0 Å². The third-order valence-corrected chi connectivity index (χ3v) is 4.07. The van der Waals surface area contributed by atoms with E-state index in [-0.39, 0.29) is 6.54 Å². The zero-order chi connectivity index (χ0) is 16.4. The molecule has 0 aliphatic rings. The lowest BCUT2D eigenvalue weighted by atomic mass is 10.2. The van der Waals surface area contributed by atoms with Crippen LogP contribution in [0.4, 0.5) is 4.79 Å². The molecule has 3 rings (SSSR count). The molecular formula is C16H15BrN4O2. The lowest BCUT2D eigenvalue weighted by molar-refractivity contribution is -0.0484. The first kappa shape index (κ1) is 15.5. The van der Waals surface area contributed by atoms with Crippen molar-refractivity contribution in [2.75, 3.05) is 0 Å². The first-order valence-corrected chi connectivity index (χ1v) is 7.76. The maximum absolute atomic E-state index is 11.1. The van der Waals surface area contributed by atoms with Gasteiger partial charge in [0.05, 0.1) is 6.54 Å². The van der Waals surface area contributed by atoms with Gasteiger partial charge in [-0.1, -0.05) is 22.0 Å². The van der Waals surface area contributed by atoms with Gasteiger partial charge in [-0.15, -0.1) is 0 Å². The summed E-state index contributed by atoms with van der Waals surface area (Å²) < 4.78 is 3.00. The molecule has 0 saturated carbocycles. The Morgan fingerprint density at radius 1 is 1.35 bits per heavy atom. The van der Waals surface area contributed by atoms with E-state index in [0.717, 1.165) is 26.6 Å². The summed E-state index contributed by atoms with van der Waals surface area (Å²) in [5.74, 6) is 0. The summed E-state index contributed by atoms with van der Waals surface area (Å²) in [7, 11) is 0. The summed E-state index contributed by atoms with van der Waals surface area (Å²) in [4.78, 5) is 15.2. The highest BCUT2D eigenvalue weighted by atomic mass is 79.9. The fourth-order valence-electron chi connectivity index (χ4n) is 2.52. The molecule has 0 bridgehead atoms. The van der Waals surface area contributed by atoms with Crippen LogP contribution in [-0.4, -0.2) is 25.9 Å². The first-order chi connectivity index (χ1) is 11.0. The Labute approximate surface area is 141 Å². The summed E-state index contributed by atoms with van der Waals surface area (Å²) in [5.41, 5.74) is 7.93. The molecule has 23 heavy (non-hydrogen) atoms. The van der Waals surface area contributed by atoms with E-state index in [4.69, 9.17) is 5.73 Å². The van der Waals surface area contributed by atoms with Gasteiger partial charge < -0.3 is 10.3 Å². The molecule has 6 nitrogen and oxygen atoms in total. The van der Waals surface area contributed by atoms with Crippen molar-refractivity contribution in [1.82, 2.24) is 14.6 Å². The van der Waals surface area contributed by atoms with Crippen LogP contribution in [0, 0.1) is 0 Å². The number of rotatable bonds is 4. The molecule has 0 radical (unpaired) electrons. The third-order valence-electron chi connectivity index (χ3n) is 3.58. The normalized spacial score (nSPS) is 10.9. The number of nitrogens with zero attached hydrogens (tertiary/aromatic N) is 3. The molecule has 0 atom stereocenters. The number of fused-ring (bicyclic) bond motifs is 1. The van der Waals surface area contributed by atoms with Crippen molar-refractivity contribution >= 4 is 32.9 Å². The average Bonchev–Trinajstić information content (AvgIpc) is 2.85. The van der Waals surface area contributed by atoms with Crippen molar-refractivity contribution in [3.63, 3.8) is 0 Å². The zero-order valence-electron chi connectivity index (χ0n) is 12.2. The Hall–Kier alpha value is -2.38. The van der Waals surface area contributed by atoms with Crippen molar-refractivity contribution in [2.45, 2.75) is 13.1 Å². The number of amides is 2. The summed E-state index contributed by atoms with van der Waals surface area (Å²) in [6, 6.07) is 10.8. The van der Waals surface area contributed by atoms with E-state index in [1.165, 1.54) is 0 Å². The molecule has 7 heteroatoms. The number of pyridine rings is 1. The second-order valence-electron chi connectivity index (χ2n) is 5.18. The van der Waals surface area contributed by atoms with E-state index in [9.17, 15) is 10.0 Å². The van der Waals surface area contributed by atoms with Crippen LogP contribution in [0.15, 0.2) is 53.3 Å². The minimum atomic E-state index is -0.885. The highest BCUT2D eigenvalue weighted by Crippen LogP contribution is 2.25. The fraction of sp³-hybridized carbons (Fsp3) is 0.125. The molecule has 0 spiro atoms. The summed E-state index contributed by atoms with van der Waals surface area (Å²) in [6.07, 6.45) is 3.51. The topological polar surface area (TPSA) is 84.4 Å². The number of primary amides is 1. The van der Waals surface area contributed by atoms with E-state index in [0.29, 0.717) is 11.6 Å². The number of nitrogens with two attached hydrogens (primary N) is 1. The van der Waals surface area contributed by atoms with Gasteiger partial charge in [-0.25, -0.2) is 9.86 Å². The highest BCUT2D eigenvalue weighted by molar-refractivity contribution is 9.10. The molecule has 3 aromatic rings. The van der Waals surface area contributed by atoms with Crippen LogP contribution in [-0.2, 0) is 13.1 Å². The van der Waals surface area contributed by atoms with Crippen LogP contribution in [0.3, 0.4) is 0 Å². The average molecular weight is 375 g/mol. The van der Waals surface area contributed by atoms with E-state index >= 15 is 0 Å². The number of hydrogen-bond acceptors (Lipinski definition) is 3. The van der Waals surface area contributed by atoms with Crippen LogP contribution in [0.2, 0.25) is 0 Å². The molecule has 0 unspecified atom stereocenters. The third kappa shape index (κ3) is 3.35. The smallest absolute Gasteiger partial charge is 0.338 e. The largest absolute Gasteiger partial charge is 0.350 e. The van der Waals surface area contributed by atoms with Gasteiger partial charge in [0.2, 0.25) is 0 Å². The molecule has 2 aromatic heterocycles. The summed E-state index contributed by atoms with van der Waals surface area (Å²) in [6.45, 7) is 0.600. The number of carbonyl (C=O) groups is 1. The standard InChI is InChI=1S/C16H15BrN4O2/c17-13-3-4-15-12(6-13)7-14(10-21(23)16(18)22)20(15)9-11-2-1-5-19-8-11/h1-8,23H,9-10H2,(H2,18,22). The van der Waals surface area contributed by atoms with Gasteiger partial charge in [0, 0.05) is 40.0 Å². The second kappa shape index (κ2) is 6.39. The van der Waals surface area contributed by atoms with Crippen molar-refractivity contribution in [2.24, 2.45) is 5.73 Å². The van der Waals surface area contributed by atoms with Crippen LogP contribution in [0.1, 0.15) is 11.3 Å². The van der Waals surface area contributed by atoms with Crippen molar-refractivity contribution < 1.29 is 10.0 Å². The van der Waals surface area contributed by atoms with Crippen LogP contribution < -0.4 is 5.73 Å². The Kier molecular flexibility index (Phi) is 4.31. The van der Waals surface area contributed by atoms with E-state index in [1.807, 2.05) is 41.0 Å².